The van der Waals surface area contributed by atoms with Crippen molar-refractivity contribution in [2.75, 3.05) is 12.8 Å². The lowest BCUT2D eigenvalue weighted by Crippen LogP contribution is -2.18. The first kappa shape index (κ1) is 13.9. The molecule has 0 atom stereocenters. The number of rotatable bonds is 2. The Bertz CT molecular complexity index is 632. The lowest BCUT2D eigenvalue weighted by molar-refractivity contribution is -0.143. The summed E-state index contributed by atoms with van der Waals surface area (Å²) in [5.41, 5.74) is 4.20. The molecular weight excluding hydrogens is 275 g/mol. The second-order valence-corrected chi connectivity index (χ2v) is 3.90. The summed E-state index contributed by atoms with van der Waals surface area (Å²) in [7, 11) is 1.00. The molecule has 0 saturated carbocycles. The Morgan fingerprint density at radius 2 is 1.90 bits per heavy atom. The molecule has 0 radical (unpaired) electrons. The number of alkyl halides is 3. The van der Waals surface area contributed by atoms with Gasteiger partial charge in [0.25, 0.3) is 0 Å². The summed E-state index contributed by atoms with van der Waals surface area (Å²) in [5.74, 6) is -1.10. The van der Waals surface area contributed by atoms with Crippen molar-refractivity contribution in [3.8, 4) is 5.69 Å². The van der Waals surface area contributed by atoms with Crippen molar-refractivity contribution in [1.29, 1.82) is 0 Å². The molecule has 2 aromatic rings. The highest BCUT2D eigenvalue weighted by molar-refractivity contribution is 5.90. The number of nitrogen functional groups attached to an aromatic ring is 1. The van der Waals surface area contributed by atoms with Crippen LogP contribution in [0.25, 0.3) is 5.69 Å². The van der Waals surface area contributed by atoms with Crippen molar-refractivity contribution in [3.05, 3.63) is 41.7 Å². The van der Waals surface area contributed by atoms with Gasteiger partial charge in [-0.3, -0.25) is 0 Å². The molecule has 8 heteroatoms. The monoisotopic (exact) mass is 285 g/mol. The SMILES string of the molecule is COC(=O)c1cnn(-c2ccc(N)cc2)c1C(F)(F)F. The van der Waals surface area contributed by atoms with E-state index in [1.54, 1.807) is 0 Å². The van der Waals surface area contributed by atoms with Crippen LogP contribution in [0.4, 0.5) is 18.9 Å². The van der Waals surface area contributed by atoms with E-state index in [2.05, 4.69) is 9.84 Å². The van der Waals surface area contributed by atoms with Gasteiger partial charge in [-0.15, -0.1) is 0 Å². The number of methoxy groups -OCH3 is 1. The summed E-state index contributed by atoms with van der Waals surface area (Å²) < 4.78 is 44.3. The van der Waals surface area contributed by atoms with Crippen molar-refractivity contribution < 1.29 is 22.7 Å². The maximum absolute atomic E-state index is 13.1. The number of hydrogen-bond donors (Lipinski definition) is 1. The molecule has 0 aliphatic rings. The standard InChI is InChI=1S/C12H10F3N3O2/c1-20-11(19)9-6-17-18(10(9)12(13,14)15)8-4-2-7(16)3-5-8/h2-6H,16H2,1H3. The maximum atomic E-state index is 13.1. The number of nitrogens with two attached hydrogens (primary N) is 1. The Morgan fingerprint density at radius 1 is 1.30 bits per heavy atom. The number of anilines is 1. The van der Waals surface area contributed by atoms with Crippen molar-refractivity contribution in [3.63, 3.8) is 0 Å². The topological polar surface area (TPSA) is 70.1 Å². The molecule has 2 rings (SSSR count). The molecule has 20 heavy (non-hydrogen) atoms. The van der Waals surface area contributed by atoms with Crippen LogP contribution in [0.5, 0.6) is 0 Å². The van der Waals surface area contributed by atoms with Gasteiger partial charge in [-0.05, 0) is 24.3 Å². The molecule has 0 amide bonds. The van der Waals surface area contributed by atoms with Gasteiger partial charge in [0, 0.05) is 5.69 Å². The fourth-order valence-corrected chi connectivity index (χ4v) is 1.69. The van der Waals surface area contributed by atoms with Crippen LogP contribution >= 0.6 is 0 Å². The Hall–Kier alpha value is -2.51. The van der Waals surface area contributed by atoms with Crippen LogP contribution in [0.3, 0.4) is 0 Å². The summed E-state index contributed by atoms with van der Waals surface area (Å²) in [6.07, 6.45) is -3.92. The van der Waals surface area contributed by atoms with Gasteiger partial charge in [0.05, 0.1) is 19.0 Å². The van der Waals surface area contributed by atoms with Crippen molar-refractivity contribution in [1.82, 2.24) is 9.78 Å². The van der Waals surface area contributed by atoms with Gasteiger partial charge < -0.3 is 10.5 Å². The zero-order valence-electron chi connectivity index (χ0n) is 10.3. The van der Waals surface area contributed by atoms with Gasteiger partial charge in [-0.1, -0.05) is 0 Å². The minimum Gasteiger partial charge on any atom is -0.465 e. The minimum atomic E-state index is -4.75. The Morgan fingerprint density at radius 3 is 2.40 bits per heavy atom. The Balaban J connectivity index is 2.62. The zero-order valence-corrected chi connectivity index (χ0v) is 10.3. The maximum Gasteiger partial charge on any atom is 0.434 e. The molecule has 0 spiro atoms. The highest BCUT2D eigenvalue weighted by Gasteiger charge is 2.40. The zero-order chi connectivity index (χ0) is 14.9. The predicted octanol–water partition coefficient (Wildman–Crippen LogP) is 2.26. The quantitative estimate of drug-likeness (QED) is 0.678. The van der Waals surface area contributed by atoms with Gasteiger partial charge in [-0.2, -0.15) is 18.3 Å². The molecule has 2 N–H and O–H groups in total. The molecule has 0 unspecified atom stereocenters. The predicted molar refractivity (Wildman–Crippen MR) is 64.3 cm³/mol. The van der Waals surface area contributed by atoms with Crippen LogP contribution in [0.15, 0.2) is 30.5 Å². The third-order valence-corrected chi connectivity index (χ3v) is 2.58. The number of halogens is 3. The molecule has 0 saturated heterocycles. The first-order valence-corrected chi connectivity index (χ1v) is 5.44. The molecule has 5 nitrogen and oxygen atoms in total. The van der Waals surface area contributed by atoms with E-state index in [9.17, 15) is 18.0 Å². The summed E-state index contributed by atoms with van der Waals surface area (Å²) in [5, 5.41) is 3.61. The summed E-state index contributed by atoms with van der Waals surface area (Å²) in [6, 6.07) is 5.63. The largest absolute Gasteiger partial charge is 0.465 e. The average molecular weight is 285 g/mol. The molecule has 106 valence electrons. The highest BCUT2D eigenvalue weighted by atomic mass is 19.4. The Kier molecular flexibility index (Phi) is 3.39. The molecular formula is C12H10F3N3O2. The van der Waals surface area contributed by atoms with Crippen LogP contribution in [0.2, 0.25) is 0 Å². The smallest absolute Gasteiger partial charge is 0.434 e. The van der Waals surface area contributed by atoms with Gasteiger partial charge in [0.15, 0.2) is 5.69 Å². The molecule has 0 fully saturated rings. The van der Waals surface area contributed by atoms with E-state index in [1.165, 1.54) is 24.3 Å². The van der Waals surface area contributed by atoms with E-state index >= 15 is 0 Å². The third-order valence-electron chi connectivity index (χ3n) is 2.58. The number of ether oxygens (including phenoxy) is 1. The summed E-state index contributed by atoms with van der Waals surface area (Å²) >= 11 is 0. The van der Waals surface area contributed by atoms with E-state index in [1.807, 2.05) is 0 Å². The van der Waals surface area contributed by atoms with Gasteiger partial charge in [0.2, 0.25) is 0 Å². The number of esters is 1. The molecule has 0 bridgehead atoms. The summed E-state index contributed by atoms with van der Waals surface area (Å²) in [6.45, 7) is 0. The van der Waals surface area contributed by atoms with Crippen molar-refractivity contribution in [2.45, 2.75) is 6.18 Å². The van der Waals surface area contributed by atoms with Crippen molar-refractivity contribution in [2.24, 2.45) is 0 Å². The summed E-state index contributed by atoms with van der Waals surface area (Å²) in [4.78, 5) is 11.4. The molecule has 1 heterocycles. The third kappa shape index (κ3) is 2.44. The average Bonchev–Trinajstić information content (AvgIpc) is 2.83. The van der Waals surface area contributed by atoms with Gasteiger partial charge in [0.1, 0.15) is 5.56 Å². The van der Waals surface area contributed by atoms with Gasteiger partial charge in [-0.25, -0.2) is 9.48 Å². The van der Waals surface area contributed by atoms with E-state index < -0.39 is 23.4 Å². The van der Waals surface area contributed by atoms with E-state index in [-0.39, 0.29) is 5.69 Å². The second-order valence-electron chi connectivity index (χ2n) is 3.90. The lowest BCUT2D eigenvalue weighted by Gasteiger charge is -2.12. The fourth-order valence-electron chi connectivity index (χ4n) is 1.69. The number of benzene rings is 1. The second kappa shape index (κ2) is 4.87. The van der Waals surface area contributed by atoms with Crippen molar-refractivity contribution >= 4 is 11.7 Å². The molecule has 1 aromatic carbocycles. The van der Waals surface area contributed by atoms with Crippen LogP contribution < -0.4 is 5.73 Å². The number of nitrogens with zero attached hydrogens (tertiary/aromatic N) is 2. The Labute approximate surface area is 111 Å². The number of carbonyl (C=O) groups is 1. The normalized spacial score (nSPS) is 11.4. The molecule has 0 aliphatic heterocycles. The highest BCUT2D eigenvalue weighted by Crippen LogP contribution is 2.34. The number of carbonyl (C=O) groups excluding carboxylic acids is 1. The van der Waals surface area contributed by atoms with Gasteiger partial charge >= 0.3 is 12.1 Å². The molecule has 0 aliphatic carbocycles. The van der Waals surface area contributed by atoms with Crippen LogP contribution in [0.1, 0.15) is 16.1 Å². The minimum absolute atomic E-state index is 0.140. The lowest BCUT2D eigenvalue weighted by atomic mass is 10.2. The van der Waals surface area contributed by atoms with Crippen LogP contribution in [-0.4, -0.2) is 22.9 Å². The van der Waals surface area contributed by atoms with E-state index in [4.69, 9.17) is 5.73 Å². The first-order chi connectivity index (χ1) is 9.34. The van der Waals surface area contributed by atoms with Crippen LogP contribution in [0, 0.1) is 0 Å². The first-order valence-electron chi connectivity index (χ1n) is 5.44. The molecule has 1 aromatic heterocycles. The van der Waals surface area contributed by atoms with E-state index in [0.29, 0.717) is 10.4 Å². The fraction of sp³-hybridized carbons (Fsp3) is 0.167. The van der Waals surface area contributed by atoms with E-state index in [0.717, 1.165) is 13.3 Å². The number of hydrogen-bond acceptors (Lipinski definition) is 4. The van der Waals surface area contributed by atoms with Crippen LogP contribution in [-0.2, 0) is 10.9 Å². The number of aromatic nitrogens is 2.